The summed E-state index contributed by atoms with van der Waals surface area (Å²) < 4.78 is 1.01. The van der Waals surface area contributed by atoms with E-state index >= 15 is 0 Å². The highest BCUT2D eigenvalue weighted by molar-refractivity contribution is 9.10. The summed E-state index contributed by atoms with van der Waals surface area (Å²) in [5.74, 6) is 1.04. The van der Waals surface area contributed by atoms with Crippen LogP contribution in [-0.4, -0.2) is 11.5 Å². The molecule has 0 saturated heterocycles. The monoisotopic (exact) mass is 333 g/mol. The molecule has 3 nitrogen and oxygen atoms in total. The molecular formula is C16H20BrN3. The Balaban J connectivity index is 2.26. The van der Waals surface area contributed by atoms with Gasteiger partial charge in [-0.25, -0.2) is 4.98 Å². The average molecular weight is 334 g/mol. The topological polar surface area (TPSA) is 42.1 Å². The number of anilines is 2. The van der Waals surface area contributed by atoms with Gasteiger partial charge >= 0.3 is 0 Å². The minimum atomic E-state index is 0.805. The molecule has 2 aromatic rings. The first-order valence-corrected chi connectivity index (χ1v) is 7.61. The molecule has 0 aliphatic rings. The molecule has 0 amide bonds. The van der Waals surface area contributed by atoms with Crippen LogP contribution >= 0.6 is 15.9 Å². The van der Waals surface area contributed by atoms with Crippen molar-refractivity contribution in [2.75, 3.05) is 17.2 Å². The van der Waals surface area contributed by atoms with Gasteiger partial charge in [-0.3, -0.25) is 0 Å². The van der Waals surface area contributed by atoms with Crippen LogP contribution < -0.4 is 10.6 Å². The Bertz CT molecular complexity index is 584. The van der Waals surface area contributed by atoms with Crippen molar-refractivity contribution in [3.63, 3.8) is 0 Å². The van der Waals surface area contributed by atoms with Crippen molar-refractivity contribution >= 4 is 27.4 Å². The van der Waals surface area contributed by atoms with Crippen LogP contribution in [0.4, 0.5) is 11.5 Å². The number of aryl methyl sites for hydroxylation is 1. The van der Waals surface area contributed by atoms with Gasteiger partial charge < -0.3 is 10.6 Å². The van der Waals surface area contributed by atoms with Gasteiger partial charge in [-0.1, -0.05) is 19.1 Å². The number of halogens is 1. The van der Waals surface area contributed by atoms with Crippen LogP contribution in [0, 0.1) is 6.92 Å². The number of nitrogens with two attached hydrogens (primary N) is 1. The van der Waals surface area contributed by atoms with Gasteiger partial charge in [0.15, 0.2) is 0 Å². The number of pyridine rings is 1. The molecule has 0 radical (unpaired) electrons. The van der Waals surface area contributed by atoms with Crippen molar-refractivity contribution in [1.29, 1.82) is 0 Å². The maximum Gasteiger partial charge on any atom is 0.131 e. The second-order valence-corrected chi connectivity index (χ2v) is 5.88. The summed E-state index contributed by atoms with van der Waals surface area (Å²) >= 11 is 3.46. The number of nitrogen functional groups attached to an aromatic ring is 1. The molecule has 1 aromatic heterocycles. The van der Waals surface area contributed by atoms with Crippen LogP contribution in [0.2, 0.25) is 0 Å². The summed E-state index contributed by atoms with van der Waals surface area (Å²) in [5, 5.41) is 0. The molecule has 4 heteroatoms. The van der Waals surface area contributed by atoms with Crippen molar-refractivity contribution in [3.05, 3.63) is 52.1 Å². The van der Waals surface area contributed by atoms with Gasteiger partial charge in [0, 0.05) is 29.4 Å². The van der Waals surface area contributed by atoms with E-state index in [4.69, 9.17) is 5.73 Å². The smallest absolute Gasteiger partial charge is 0.131 e. The molecule has 0 fully saturated rings. The van der Waals surface area contributed by atoms with Crippen molar-refractivity contribution in [2.45, 2.75) is 26.8 Å². The molecule has 0 aliphatic carbocycles. The number of hydrogen-bond acceptors (Lipinski definition) is 3. The molecule has 0 spiro atoms. The SMILES string of the molecule is CCCN(Cc1cccc(N)c1)c1ncc(Br)cc1C. The fourth-order valence-electron chi connectivity index (χ4n) is 2.31. The van der Waals surface area contributed by atoms with Crippen LogP contribution in [0.3, 0.4) is 0 Å². The third kappa shape index (κ3) is 3.73. The van der Waals surface area contributed by atoms with Crippen LogP contribution in [0.1, 0.15) is 24.5 Å². The zero-order chi connectivity index (χ0) is 14.5. The Morgan fingerprint density at radius 2 is 2.10 bits per heavy atom. The summed E-state index contributed by atoms with van der Waals surface area (Å²) in [6.45, 7) is 6.08. The Morgan fingerprint density at radius 1 is 1.30 bits per heavy atom. The summed E-state index contributed by atoms with van der Waals surface area (Å²) in [7, 11) is 0. The second-order valence-electron chi connectivity index (χ2n) is 4.96. The summed E-state index contributed by atoms with van der Waals surface area (Å²) in [4.78, 5) is 6.87. The molecule has 0 aliphatic heterocycles. The molecule has 20 heavy (non-hydrogen) atoms. The van der Waals surface area contributed by atoms with Crippen LogP contribution in [0.25, 0.3) is 0 Å². The molecule has 106 valence electrons. The van der Waals surface area contributed by atoms with Crippen molar-refractivity contribution in [2.24, 2.45) is 0 Å². The number of nitrogens with zero attached hydrogens (tertiary/aromatic N) is 2. The number of aromatic nitrogens is 1. The quantitative estimate of drug-likeness (QED) is 0.835. The van der Waals surface area contributed by atoms with Gasteiger partial charge in [-0.05, 0) is 58.6 Å². The van der Waals surface area contributed by atoms with Crippen LogP contribution in [0.15, 0.2) is 41.0 Å². The summed E-state index contributed by atoms with van der Waals surface area (Å²) in [5.41, 5.74) is 9.05. The zero-order valence-corrected chi connectivity index (χ0v) is 13.5. The van der Waals surface area contributed by atoms with E-state index in [0.29, 0.717) is 0 Å². The van der Waals surface area contributed by atoms with E-state index in [-0.39, 0.29) is 0 Å². The Labute approximate surface area is 129 Å². The summed E-state index contributed by atoms with van der Waals surface area (Å²) in [6, 6.07) is 10.1. The van der Waals surface area contributed by atoms with Crippen molar-refractivity contribution in [3.8, 4) is 0 Å². The third-order valence-corrected chi connectivity index (χ3v) is 3.57. The lowest BCUT2D eigenvalue weighted by Gasteiger charge is -2.25. The highest BCUT2D eigenvalue weighted by Gasteiger charge is 2.11. The van der Waals surface area contributed by atoms with Gasteiger partial charge in [0.2, 0.25) is 0 Å². The Kier molecular flexibility index (Phi) is 5.01. The first kappa shape index (κ1) is 14.9. The summed E-state index contributed by atoms with van der Waals surface area (Å²) in [6.07, 6.45) is 2.93. The minimum absolute atomic E-state index is 0.805. The largest absolute Gasteiger partial charge is 0.399 e. The van der Waals surface area contributed by atoms with Crippen LogP contribution in [0.5, 0.6) is 0 Å². The van der Waals surface area contributed by atoms with Crippen molar-refractivity contribution in [1.82, 2.24) is 4.98 Å². The van der Waals surface area contributed by atoms with E-state index in [0.717, 1.165) is 35.5 Å². The van der Waals surface area contributed by atoms with E-state index in [2.05, 4.69) is 51.8 Å². The number of benzene rings is 1. The molecule has 2 N–H and O–H groups in total. The standard InChI is InChI=1S/C16H20BrN3/c1-3-7-20(11-13-5-4-6-15(18)9-13)16-12(2)8-14(17)10-19-16/h4-6,8-10H,3,7,11,18H2,1-2H3. The Hall–Kier alpha value is -1.55. The second kappa shape index (κ2) is 6.75. The molecule has 1 heterocycles. The molecule has 0 bridgehead atoms. The zero-order valence-electron chi connectivity index (χ0n) is 11.9. The molecular weight excluding hydrogens is 314 g/mol. The first-order chi connectivity index (χ1) is 9.60. The van der Waals surface area contributed by atoms with E-state index < -0.39 is 0 Å². The molecule has 0 atom stereocenters. The highest BCUT2D eigenvalue weighted by Crippen LogP contribution is 2.23. The van der Waals surface area contributed by atoms with E-state index in [1.807, 2.05) is 24.4 Å². The minimum Gasteiger partial charge on any atom is -0.399 e. The van der Waals surface area contributed by atoms with Gasteiger partial charge in [0.05, 0.1) is 0 Å². The number of rotatable bonds is 5. The molecule has 2 rings (SSSR count). The maximum absolute atomic E-state index is 5.86. The molecule has 1 aromatic carbocycles. The highest BCUT2D eigenvalue weighted by atomic mass is 79.9. The van der Waals surface area contributed by atoms with Crippen molar-refractivity contribution < 1.29 is 0 Å². The van der Waals surface area contributed by atoms with Gasteiger partial charge in [0.25, 0.3) is 0 Å². The lowest BCUT2D eigenvalue weighted by Crippen LogP contribution is -2.25. The normalized spacial score (nSPS) is 10.6. The maximum atomic E-state index is 5.86. The van der Waals surface area contributed by atoms with E-state index in [9.17, 15) is 0 Å². The third-order valence-electron chi connectivity index (χ3n) is 3.13. The van der Waals surface area contributed by atoms with E-state index in [1.165, 1.54) is 11.1 Å². The lowest BCUT2D eigenvalue weighted by molar-refractivity contribution is 0.751. The predicted molar refractivity (Wildman–Crippen MR) is 88.9 cm³/mol. The Morgan fingerprint density at radius 3 is 2.75 bits per heavy atom. The number of hydrogen-bond donors (Lipinski definition) is 1. The fraction of sp³-hybridized carbons (Fsp3) is 0.312. The first-order valence-electron chi connectivity index (χ1n) is 6.81. The lowest BCUT2D eigenvalue weighted by atomic mass is 10.1. The van der Waals surface area contributed by atoms with Gasteiger partial charge in [-0.2, -0.15) is 0 Å². The molecule has 0 saturated carbocycles. The van der Waals surface area contributed by atoms with Gasteiger partial charge in [-0.15, -0.1) is 0 Å². The predicted octanol–water partition coefficient (Wildman–Crippen LogP) is 4.15. The molecule has 0 unspecified atom stereocenters. The van der Waals surface area contributed by atoms with Crippen LogP contribution in [-0.2, 0) is 6.54 Å². The van der Waals surface area contributed by atoms with Gasteiger partial charge in [0.1, 0.15) is 5.82 Å². The fourth-order valence-corrected chi connectivity index (χ4v) is 2.75. The average Bonchev–Trinajstić information content (AvgIpc) is 2.38. The van der Waals surface area contributed by atoms with E-state index in [1.54, 1.807) is 0 Å².